The van der Waals surface area contributed by atoms with Crippen LogP contribution in [0.1, 0.15) is 69.9 Å². The fourth-order valence-corrected chi connectivity index (χ4v) is 5.86. The van der Waals surface area contributed by atoms with Crippen LogP contribution in [0.25, 0.3) is 0 Å². The quantitative estimate of drug-likeness (QED) is 0.211. The molecular formula is C26H33F9O3. The van der Waals surface area contributed by atoms with Gasteiger partial charge in [0.05, 0.1) is 6.10 Å². The van der Waals surface area contributed by atoms with Gasteiger partial charge in [-0.2, -0.15) is 39.5 Å². The Hall–Kier alpha value is -1.53. The molecule has 0 saturated heterocycles. The molecule has 2 aliphatic rings. The maximum atomic E-state index is 14.1. The minimum absolute atomic E-state index is 0.130. The molecule has 0 aromatic heterocycles. The van der Waals surface area contributed by atoms with Crippen molar-refractivity contribution in [2.75, 3.05) is 13.9 Å². The average Bonchev–Trinajstić information content (AvgIpc) is 3.39. The predicted octanol–water partition coefficient (Wildman–Crippen LogP) is 8.28. The molecule has 0 heterocycles. The number of hydrogen-bond acceptors (Lipinski definition) is 3. The third-order valence-electron chi connectivity index (χ3n) is 8.52. The van der Waals surface area contributed by atoms with Crippen LogP contribution in [0.5, 0.6) is 0 Å². The highest BCUT2D eigenvalue weighted by molar-refractivity contribution is 5.30. The Morgan fingerprint density at radius 3 is 1.89 bits per heavy atom. The lowest BCUT2D eigenvalue weighted by molar-refractivity contribution is -0.380. The predicted molar refractivity (Wildman–Crippen MR) is 120 cm³/mol. The van der Waals surface area contributed by atoms with Gasteiger partial charge in [0, 0.05) is 7.11 Å². The second-order valence-electron chi connectivity index (χ2n) is 10.7. The van der Waals surface area contributed by atoms with E-state index in [9.17, 15) is 39.5 Å². The van der Waals surface area contributed by atoms with Gasteiger partial charge in [-0.25, -0.2) is 0 Å². The molecule has 1 aromatic rings. The molecule has 12 heteroatoms. The van der Waals surface area contributed by atoms with Gasteiger partial charge in [0.2, 0.25) is 0 Å². The number of fused-ring (bicyclic) bond motifs is 2. The molecule has 3 nitrogen and oxygen atoms in total. The number of hydrogen-bond donors (Lipinski definition) is 0. The number of alkyl halides is 9. The molecule has 38 heavy (non-hydrogen) atoms. The van der Waals surface area contributed by atoms with Crippen LogP contribution >= 0.6 is 0 Å². The van der Waals surface area contributed by atoms with Gasteiger partial charge in [-0.05, 0) is 73.8 Å². The van der Waals surface area contributed by atoms with Crippen molar-refractivity contribution in [2.45, 2.75) is 94.6 Å². The Kier molecular flexibility index (Phi) is 8.81. The SMILES string of the molecule is CCC(C)c1ccc(C(C)(OCOC2CC3CC(CC(OC)(C(F)(F)F)C(F)(F)F)C2C3)C(F)(F)F)cc1. The van der Waals surface area contributed by atoms with E-state index in [4.69, 9.17) is 9.47 Å². The third kappa shape index (κ3) is 5.68. The highest BCUT2D eigenvalue weighted by Crippen LogP contribution is 2.57. The second-order valence-corrected chi connectivity index (χ2v) is 10.7. The number of methoxy groups -OCH3 is 1. The van der Waals surface area contributed by atoms with Crippen LogP contribution in [0.15, 0.2) is 24.3 Å². The van der Waals surface area contributed by atoms with Crippen molar-refractivity contribution in [2.24, 2.45) is 17.8 Å². The lowest BCUT2D eigenvalue weighted by Gasteiger charge is -2.40. The van der Waals surface area contributed by atoms with E-state index in [1.54, 1.807) is 12.1 Å². The average molecular weight is 565 g/mol. The number of rotatable bonds is 10. The second kappa shape index (κ2) is 10.8. The monoisotopic (exact) mass is 564 g/mol. The standard InChI is InChI=1S/C26H33F9O3/c1-5-15(2)17-6-8-19(9-7-17)22(3,24(27,28)29)38-14-37-21-12-16-10-18(20(21)11-16)13-23(36-4,25(30,31)32)26(33,34)35/h6-9,15-16,18,20-21H,5,10-14H2,1-4H3. The van der Waals surface area contributed by atoms with Crippen molar-refractivity contribution < 1.29 is 53.7 Å². The molecule has 6 atom stereocenters. The van der Waals surface area contributed by atoms with Crippen molar-refractivity contribution in [1.82, 2.24) is 0 Å². The maximum Gasteiger partial charge on any atom is 0.426 e. The Bertz CT molecular complexity index is 912. The first kappa shape index (κ1) is 31.0. The van der Waals surface area contributed by atoms with Gasteiger partial charge >= 0.3 is 18.5 Å². The number of halogens is 9. The summed E-state index contributed by atoms with van der Waals surface area (Å²) in [6.07, 6.45) is -16.8. The summed E-state index contributed by atoms with van der Waals surface area (Å²) < 4.78 is 138. The van der Waals surface area contributed by atoms with Gasteiger partial charge in [0.25, 0.3) is 5.60 Å². The van der Waals surface area contributed by atoms with Crippen molar-refractivity contribution >= 4 is 0 Å². The van der Waals surface area contributed by atoms with E-state index in [0.29, 0.717) is 20.0 Å². The summed E-state index contributed by atoms with van der Waals surface area (Å²) >= 11 is 0. The molecule has 0 amide bonds. The smallest absolute Gasteiger partial charge is 0.361 e. The summed E-state index contributed by atoms with van der Waals surface area (Å²) in [7, 11) is 0.378. The fraction of sp³-hybridized carbons (Fsp3) is 0.769. The van der Waals surface area contributed by atoms with Gasteiger partial charge < -0.3 is 14.2 Å². The Morgan fingerprint density at radius 1 is 0.868 bits per heavy atom. The molecule has 2 saturated carbocycles. The zero-order valence-corrected chi connectivity index (χ0v) is 21.6. The van der Waals surface area contributed by atoms with E-state index in [1.807, 2.05) is 13.8 Å². The van der Waals surface area contributed by atoms with Crippen LogP contribution in [0.3, 0.4) is 0 Å². The summed E-state index contributed by atoms with van der Waals surface area (Å²) in [6.45, 7) is 3.95. The molecule has 218 valence electrons. The zero-order valence-electron chi connectivity index (χ0n) is 21.6. The maximum absolute atomic E-state index is 14.1. The lowest BCUT2D eigenvalue weighted by Crippen LogP contribution is -2.59. The largest absolute Gasteiger partial charge is 0.426 e. The lowest BCUT2D eigenvalue weighted by atomic mass is 9.78. The normalized spacial score (nSPS) is 27.0. The van der Waals surface area contributed by atoms with E-state index in [1.165, 1.54) is 12.1 Å². The fourth-order valence-electron chi connectivity index (χ4n) is 5.86. The summed E-state index contributed by atoms with van der Waals surface area (Å²) in [5.41, 5.74) is -6.33. The summed E-state index contributed by atoms with van der Waals surface area (Å²) in [6, 6.07) is 5.87. The van der Waals surface area contributed by atoms with Crippen LogP contribution in [0, 0.1) is 17.8 Å². The molecule has 0 radical (unpaired) electrons. The van der Waals surface area contributed by atoms with Crippen LogP contribution in [-0.2, 0) is 19.8 Å². The Labute approximate surface area is 216 Å². The first-order valence-corrected chi connectivity index (χ1v) is 12.5. The van der Waals surface area contributed by atoms with Crippen LogP contribution in [0.2, 0.25) is 0 Å². The molecule has 0 N–H and O–H groups in total. The van der Waals surface area contributed by atoms with Crippen molar-refractivity contribution in [3.05, 3.63) is 35.4 Å². The number of benzene rings is 1. The van der Waals surface area contributed by atoms with Gasteiger partial charge in [-0.3, -0.25) is 0 Å². The molecule has 2 bridgehead atoms. The minimum Gasteiger partial charge on any atom is -0.361 e. The molecule has 2 aliphatic carbocycles. The van der Waals surface area contributed by atoms with Crippen molar-refractivity contribution in [3.8, 4) is 0 Å². The van der Waals surface area contributed by atoms with Crippen molar-refractivity contribution in [3.63, 3.8) is 0 Å². The molecular weight excluding hydrogens is 531 g/mol. The van der Waals surface area contributed by atoms with E-state index >= 15 is 0 Å². The zero-order chi connectivity index (χ0) is 28.7. The Morgan fingerprint density at radius 2 is 1.45 bits per heavy atom. The first-order valence-electron chi connectivity index (χ1n) is 12.5. The van der Waals surface area contributed by atoms with Gasteiger partial charge in [0.15, 0.2) is 5.60 Å². The third-order valence-corrected chi connectivity index (χ3v) is 8.52. The van der Waals surface area contributed by atoms with E-state index in [0.717, 1.165) is 18.9 Å². The minimum atomic E-state index is -5.69. The van der Waals surface area contributed by atoms with Crippen molar-refractivity contribution in [1.29, 1.82) is 0 Å². The topological polar surface area (TPSA) is 27.7 Å². The van der Waals surface area contributed by atoms with Gasteiger partial charge in [0.1, 0.15) is 6.79 Å². The summed E-state index contributed by atoms with van der Waals surface area (Å²) in [4.78, 5) is 0. The van der Waals surface area contributed by atoms with Gasteiger partial charge in [-0.15, -0.1) is 0 Å². The molecule has 6 unspecified atom stereocenters. The van der Waals surface area contributed by atoms with Crippen LogP contribution < -0.4 is 0 Å². The molecule has 3 rings (SSSR count). The summed E-state index contributed by atoms with van der Waals surface area (Å²) in [5, 5.41) is 0. The van der Waals surface area contributed by atoms with Gasteiger partial charge in [-0.1, -0.05) is 38.1 Å². The molecule has 2 fully saturated rings. The first-order chi connectivity index (χ1) is 17.4. The highest BCUT2D eigenvalue weighted by Gasteiger charge is 2.73. The molecule has 0 aliphatic heterocycles. The van der Waals surface area contributed by atoms with E-state index in [-0.39, 0.29) is 23.8 Å². The highest BCUT2D eigenvalue weighted by atomic mass is 19.4. The molecule has 1 aromatic carbocycles. The van der Waals surface area contributed by atoms with Crippen LogP contribution in [0.4, 0.5) is 39.5 Å². The van der Waals surface area contributed by atoms with E-state index < -0.39 is 60.9 Å². The van der Waals surface area contributed by atoms with Crippen LogP contribution in [-0.4, -0.2) is 44.1 Å². The summed E-state index contributed by atoms with van der Waals surface area (Å²) in [5.74, 6) is -1.74. The van der Waals surface area contributed by atoms with E-state index in [2.05, 4.69) is 4.74 Å². The molecule has 0 spiro atoms. The Balaban J connectivity index is 1.71. The number of ether oxygens (including phenoxy) is 3.